The van der Waals surface area contributed by atoms with Crippen molar-refractivity contribution in [3.63, 3.8) is 0 Å². The molecular weight excluding hydrogens is 408 g/mol. The minimum atomic E-state index is -3.16. The maximum absolute atomic E-state index is 14.7. The number of amides is 1. The van der Waals surface area contributed by atoms with Gasteiger partial charge >= 0.3 is 12.1 Å². The Morgan fingerprint density at radius 3 is 2.45 bits per heavy atom. The Hall–Kier alpha value is -2.23. The number of hydrogen-bond acceptors (Lipinski definition) is 6. The SMILES string of the molecule is CCCCOC(=O)[C@H]1CN(c2cc(F)c(C3CCS(=O)(=O)CC3)c(F)c2)C(=O)O1. The molecule has 0 spiro atoms. The van der Waals surface area contributed by atoms with Crippen LogP contribution in [0.4, 0.5) is 19.3 Å². The molecule has 3 rings (SSSR count). The third-order valence-corrected chi connectivity index (χ3v) is 6.87. The second-order valence-electron chi connectivity index (χ2n) is 7.25. The highest BCUT2D eigenvalue weighted by Crippen LogP contribution is 2.35. The predicted octanol–water partition coefficient (Wildman–Crippen LogP) is 2.93. The summed E-state index contributed by atoms with van der Waals surface area (Å²) in [7, 11) is -3.16. The molecule has 1 atom stereocenters. The summed E-state index contributed by atoms with van der Waals surface area (Å²) in [5.41, 5.74) is -0.243. The standard InChI is InChI=1S/C19H23F2NO6S/c1-2-3-6-27-18(23)16-11-22(19(24)28-16)13-9-14(20)17(15(21)10-13)12-4-7-29(25,26)8-5-12/h9-10,12,16H,2-8,11H2,1H3/t16-/m1/s1. The van der Waals surface area contributed by atoms with Crippen molar-refractivity contribution in [2.75, 3.05) is 29.6 Å². The van der Waals surface area contributed by atoms with E-state index >= 15 is 0 Å². The summed E-state index contributed by atoms with van der Waals surface area (Å²) in [6.45, 7) is 1.94. The van der Waals surface area contributed by atoms with Crippen molar-refractivity contribution in [2.45, 2.75) is 44.6 Å². The Balaban J connectivity index is 1.73. The van der Waals surface area contributed by atoms with Crippen LogP contribution in [0.1, 0.15) is 44.1 Å². The minimum Gasteiger partial charge on any atom is -0.463 e. The highest BCUT2D eigenvalue weighted by atomic mass is 32.2. The van der Waals surface area contributed by atoms with Gasteiger partial charge in [-0.25, -0.2) is 26.8 Å². The minimum absolute atomic E-state index is 0.0685. The van der Waals surface area contributed by atoms with E-state index < -0.39 is 45.6 Å². The molecule has 29 heavy (non-hydrogen) atoms. The summed E-state index contributed by atoms with van der Waals surface area (Å²) in [5, 5.41) is 0. The van der Waals surface area contributed by atoms with Crippen LogP contribution in [0.3, 0.4) is 0 Å². The molecule has 2 aliphatic heterocycles. The lowest BCUT2D eigenvalue weighted by Gasteiger charge is -2.24. The third kappa shape index (κ3) is 4.85. The lowest BCUT2D eigenvalue weighted by Crippen LogP contribution is -2.29. The van der Waals surface area contributed by atoms with Gasteiger partial charge in [0.05, 0.1) is 30.3 Å². The molecule has 0 saturated carbocycles. The molecule has 0 radical (unpaired) electrons. The second kappa shape index (κ2) is 8.64. The Kier molecular flexibility index (Phi) is 6.40. The van der Waals surface area contributed by atoms with Gasteiger partial charge in [0, 0.05) is 5.56 Å². The number of unbranched alkanes of at least 4 members (excludes halogenated alkanes) is 1. The summed E-state index contributed by atoms with van der Waals surface area (Å²) in [6, 6.07) is 2.02. The van der Waals surface area contributed by atoms with Gasteiger partial charge in [-0.2, -0.15) is 0 Å². The van der Waals surface area contributed by atoms with Crippen LogP contribution >= 0.6 is 0 Å². The average molecular weight is 431 g/mol. The molecule has 7 nitrogen and oxygen atoms in total. The van der Waals surface area contributed by atoms with Crippen LogP contribution in [0, 0.1) is 11.6 Å². The Labute approximate surface area is 167 Å². The lowest BCUT2D eigenvalue weighted by atomic mass is 9.92. The molecular formula is C19H23F2NO6S. The van der Waals surface area contributed by atoms with Gasteiger partial charge in [0.15, 0.2) is 0 Å². The topological polar surface area (TPSA) is 90.0 Å². The van der Waals surface area contributed by atoms with Gasteiger partial charge in [-0.05, 0) is 37.3 Å². The van der Waals surface area contributed by atoms with E-state index in [1.807, 2.05) is 6.92 Å². The molecule has 0 aromatic heterocycles. The fraction of sp³-hybridized carbons (Fsp3) is 0.579. The van der Waals surface area contributed by atoms with Crippen LogP contribution in [0.15, 0.2) is 12.1 Å². The van der Waals surface area contributed by atoms with Gasteiger partial charge in [0.2, 0.25) is 6.10 Å². The number of halogens is 2. The van der Waals surface area contributed by atoms with Crippen molar-refractivity contribution in [3.8, 4) is 0 Å². The van der Waals surface area contributed by atoms with Gasteiger partial charge in [0.25, 0.3) is 0 Å². The van der Waals surface area contributed by atoms with E-state index in [2.05, 4.69) is 0 Å². The maximum atomic E-state index is 14.7. The zero-order chi connectivity index (χ0) is 21.2. The van der Waals surface area contributed by atoms with Gasteiger partial charge in [-0.1, -0.05) is 13.3 Å². The molecule has 2 heterocycles. The van der Waals surface area contributed by atoms with Gasteiger partial charge in [0.1, 0.15) is 21.5 Å². The molecule has 0 unspecified atom stereocenters. The van der Waals surface area contributed by atoms with Gasteiger partial charge < -0.3 is 9.47 Å². The molecule has 1 aromatic rings. The van der Waals surface area contributed by atoms with Crippen LogP contribution in [0.2, 0.25) is 0 Å². The van der Waals surface area contributed by atoms with Crippen molar-refractivity contribution in [1.82, 2.24) is 0 Å². The Morgan fingerprint density at radius 1 is 1.24 bits per heavy atom. The molecule has 2 fully saturated rings. The number of cyclic esters (lactones) is 1. The van der Waals surface area contributed by atoms with Crippen molar-refractivity contribution in [2.24, 2.45) is 0 Å². The van der Waals surface area contributed by atoms with E-state index in [0.29, 0.717) is 6.42 Å². The fourth-order valence-corrected chi connectivity index (χ4v) is 4.99. The quantitative estimate of drug-likeness (QED) is 0.508. The number of nitrogens with zero attached hydrogens (tertiary/aromatic N) is 1. The predicted molar refractivity (Wildman–Crippen MR) is 100 cm³/mol. The number of sulfone groups is 1. The molecule has 160 valence electrons. The molecule has 0 aliphatic carbocycles. The van der Waals surface area contributed by atoms with Crippen LogP contribution < -0.4 is 4.90 Å². The van der Waals surface area contributed by atoms with Crippen LogP contribution in [0.25, 0.3) is 0 Å². The number of carbonyl (C=O) groups excluding carboxylic acids is 2. The van der Waals surface area contributed by atoms with E-state index in [1.165, 1.54) is 0 Å². The second-order valence-corrected chi connectivity index (χ2v) is 9.56. The highest BCUT2D eigenvalue weighted by Gasteiger charge is 2.39. The number of ether oxygens (including phenoxy) is 2. The van der Waals surface area contributed by atoms with Crippen LogP contribution in [0.5, 0.6) is 0 Å². The van der Waals surface area contributed by atoms with E-state index in [9.17, 15) is 26.8 Å². The number of anilines is 1. The summed E-state index contributed by atoms with van der Waals surface area (Å²) in [4.78, 5) is 25.0. The van der Waals surface area contributed by atoms with E-state index in [0.717, 1.165) is 23.5 Å². The first kappa shape index (κ1) is 21.5. The third-order valence-electron chi connectivity index (χ3n) is 5.16. The van der Waals surface area contributed by atoms with Crippen LogP contribution in [-0.2, 0) is 24.1 Å². The van der Waals surface area contributed by atoms with Gasteiger partial charge in [-0.15, -0.1) is 0 Å². The first-order valence-electron chi connectivity index (χ1n) is 9.56. The average Bonchev–Trinajstić information content (AvgIpc) is 3.04. The highest BCUT2D eigenvalue weighted by molar-refractivity contribution is 7.91. The van der Waals surface area contributed by atoms with E-state index in [1.54, 1.807) is 0 Å². The Morgan fingerprint density at radius 2 is 1.86 bits per heavy atom. The van der Waals surface area contributed by atoms with E-state index in [4.69, 9.17) is 9.47 Å². The summed E-state index contributed by atoms with van der Waals surface area (Å²) in [6.07, 6.45) is -0.246. The number of rotatable bonds is 6. The molecule has 1 amide bonds. The molecule has 1 aromatic carbocycles. The molecule has 0 N–H and O–H groups in total. The largest absolute Gasteiger partial charge is 0.463 e. The van der Waals surface area contributed by atoms with Crippen molar-refractivity contribution < 1.29 is 36.3 Å². The fourth-order valence-electron chi connectivity index (χ4n) is 3.50. The Bertz CT molecular complexity index is 867. The van der Waals surface area contributed by atoms with Crippen LogP contribution in [-0.4, -0.2) is 51.2 Å². The van der Waals surface area contributed by atoms with Gasteiger partial charge in [-0.3, -0.25) is 4.90 Å². The smallest absolute Gasteiger partial charge is 0.415 e. The zero-order valence-electron chi connectivity index (χ0n) is 16.0. The molecule has 0 bridgehead atoms. The molecule has 2 aliphatic rings. The van der Waals surface area contributed by atoms with Crippen molar-refractivity contribution in [1.29, 1.82) is 0 Å². The summed E-state index contributed by atoms with van der Waals surface area (Å²) < 4.78 is 62.4. The summed E-state index contributed by atoms with van der Waals surface area (Å²) >= 11 is 0. The zero-order valence-corrected chi connectivity index (χ0v) is 16.8. The number of benzene rings is 1. The summed E-state index contributed by atoms with van der Waals surface area (Å²) in [5.74, 6) is -3.18. The first-order chi connectivity index (χ1) is 13.7. The first-order valence-corrected chi connectivity index (χ1v) is 11.4. The number of carbonyl (C=O) groups is 2. The molecule has 2 saturated heterocycles. The number of esters is 1. The lowest BCUT2D eigenvalue weighted by molar-refractivity contribution is -0.151. The maximum Gasteiger partial charge on any atom is 0.415 e. The normalized spacial score (nSPS) is 21.8. The van der Waals surface area contributed by atoms with Crippen molar-refractivity contribution in [3.05, 3.63) is 29.3 Å². The van der Waals surface area contributed by atoms with E-state index in [-0.39, 0.29) is 48.7 Å². The number of hydrogen-bond donors (Lipinski definition) is 0. The van der Waals surface area contributed by atoms with Crippen molar-refractivity contribution >= 4 is 27.6 Å². The molecule has 10 heteroatoms. The monoisotopic (exact) mass is 431 g/mol.